The van der Waals surface area contributed by atoms with E-state index in [0.29, 0.717) is 19.4 Å². The lowest BCUT2D eigenvalue weighted by Gasteiger charge is -2.24. The van der Waals surface area contributed by atoms with Crippen molar-refractivity contribution in [3.63, 3.8) is 0 Å². The minimum atomic E-state index is -1.09. The van der Waals surface area contributed by atoms with Crippen molar-refractivity contribution in [2.45, 2.75) is 39.2 Å². The number of hydrogen-bond donors (Lipinski definition) is 2. The molecule has 3 unspecified atom stereocenters. The fraction of sp³-hybridized carbons (Fsp3) is 0.769. The van der Waals surface area contributed by atoms with E-state index >= 15 is 0 Å². The quantitative estimate of drug-likeness (QED) is 0.661. The summed E-state index contributed by atoms with van der Waals surface area (Å²) in [6.07, 6.45) is 0.853. The number of nitrogens with zero attached hydrogens (tertiary/aromatic N) is 1. The minimum absolute atomic E-state index is 0.0854. The number of hydrogen-bond acceptors (Lipinski definition) is 4. The van der Waals surface area contributed by atoms with Crippen molar-refractivity contribution in [1.29, 1.82) is 0 Å². The first-order chi connectivity index (χ1) is 8.60. The van der Waals surface area contributed by atoms with Gasteiger partial charge in [0, 0.05) is 6.54 Å². The van der Waals surface area contributed by atoms with Crippen LogP contribution in [0, 0.1) is 17.3 Å². The van der Waals surface area contributed by atoms with Gasteiger partial charge in [0.15, 0.2) is 0 Å². The molecule has 3 atom stereocenters. The highest BCUT2D eigenvalue weighted by Crippen LogP contribution is 2.63. The van der Waals surface area contributed by atoms with E-state index in [1.807, 2.05) is 13.8 Å². The van der Waals surface area contributed by atoms with Crippen LogP contribution in [0.3, 0.4) is 0 Å². The second-order valence-corrected chi connectivity index (χ2v) is 6.49. The average Bonchev–Trinajstić information content (AvgIpc) is 2.74. The summed E-state index contributed by atoms with van der Waals surface area (Å²) in [7, 11) is 0. The van der Waals surface area contributed by atoms with Crippen LogP contribution in [0.25, 0.3) is 0 Å². The summed E-state index contributed by atoms with van der Waals surface area (Å²) in [6.45, 7) is 5.77. The molecule has 106 valence electrons. The van der Waals surface area contributed by atoms with Gasteiger partial charge in [0.25, 0.3) is 0 Å². The van der Waals surface area contributed by atoms with Gasteiger partial charge >= 0.3 is 0 Å². The Kier molecular flexibility index (Phi) is 2.97. The number of primary amides is 1. The van der Waals surface area contributed by atoms with Crippen molar-refractivity contribution in [1.82, 2.24) is 4.90 Å². The lowest BCUT2D eigenvalue weighted by molar-refractivity contribution is -0.143. The molecular weight excluding hydrogens is 246 g/mol. The molecule has 3 amide bonds. The summed E-state index contributed by atoms with van der Waals surface area (Å²) in [5.41, 5.74) is 9.63. The maximum Gasteiger partial charge on any atom is 0.237 e. The first kappa shape index (κ1) is 14.0. The molecule has 1 aliphatic heterocycles. The Morgan fingerprint density at radius 3 is 2.21 bits per heavy atom. The molecule has 0 bridgehead atoms. The van der Waals surface area contributed by atoms with Crippen LogP contribution in [0.1, 0.15) is 33.6 Å². The van der Waals surface area contributed by atoms with Crippen LogP contribution in [-0.2, 0) is 14.4 Å². The Morgan fingerprint density at radius 1 is 1.32 bits per heavy atom. The zero-order valence-electron chi connectivity index (χ0n) is 11.6. The fourth-order valence-corrected chi connectivity index (χ4v) is 2.95. The number of rotatable bonds is 5. The van der Waals surface area contributed by atoms with Gasteiger partial charge < -0.3 is 11.5 Å². The van der Waals surface area contributed by atoms with Crippen molar-refractivity contribution >= 4 is 17.7 Å². The number of piperidine rings is 1. The van der Waals surface area contributed by atoms with Crippen LogP contribution in [-0.4, -0.2) is 34.7 Å². The molecule has 19 heavy (non-hydrogen) atoms. The van der Waals surface area contributed by atoms with Gasteiger partial charge in [-0.25, -0.2) is 0 Å². The number of imide groups is 1. The Labute approximate surface area is 112 Å². The molecule has 2 rings (SSSR count). The molecule has 4 N–H and O–H groups in total. The molecule has 6 nitrogen and oxygen atoms in total. The molecule has 2 fully saturated rings. The smallest absolute Gasteiger partial charge is 0.237 e. The SMILES string of the molecule is CC(N)(CCCN1C(=O)C2C(C1=O)C2(C)C)C(N)=O. The molecule has 6 heteroatoms. The molecule has 2 aliphatic rings. The normalized spacial score (nSPS) is 31.1. The van der Waals surface area contributed by atoms with E-state index in [0.717, 1.165) is 0 Å². The number of nitrogens with two attached hydrogens (primary N) is 2. The third kappa shape index (κ3) is 2.04. The topological polar surface area (TPSA) is 106 Å². The summed E-state index contributed by atoms with van der Waals surface area (Å²) in [4.78, 5) is 36.5. The van der Waals surface area contributed by atoms with E-state index in [9.17, 15) is 14.4 Å². The highest BCUT2D eigenvalue weighted by molar-refractivity contribution is 6.10. The Bertz CT molecular complexity index is 432. The lowest BCUT2D eigenvalue weighted by atomic mass is 9.96. The van der Waals surface area contributed by atoms with E-state index in [1.54, 1.807) is 6.92 Å². The maximum atomic E-state index is 12.0. The van der Waals surface area contributed by atoms with Gasteiger partial charge in [-0.05, 0) is 25.2 Å². The van der Waals surface area contributed by atoms with Crippen LogP contribution in [0.5, 0.6) is 0 Å². The monoisotopic (exact) mass is 267 g/mol. The summed E-state index contributed by atoms with van der Waals surface area (Å²) >= 11 is 0. The van der Waals surface area contributed by atoms with Crippen LogP contribution < -0.4 is 11.5 Å². The number of amides is 3. The summed E-state index contributed by atoms with van der Waals surface area (Å²) in [5.74, 6) is -1.05. The Morgan fingerprint density at radius 2 is 1.79 bits per heavy atom. The molecule has 0 radical (unpaired) electrons. The maximum absolute atomic E-state index is 12.0. The van der Waals surface area contributed by atoms with Gasteiger partial charge in [-0.15, -0.1) is 0 Å². The summed E-state index contributed by atoms with van der Waals surface area (Å²) in [6, 6.07) is 0. The average molecular weight is 267 g/mol. The minimum Gasteiger partial charge on any atom is -0.368 e. The van der Waals surface area contributed by atoms with Gasteiger partial charge in [-0.1, -0.05) is 13.8 Å². The number of likely N-dealkylation sites (tertiary alicyclic amines) is 1. The fourth-order valence-electron chi connectivity index (χ4n) is 2.95. The predicted octanol–water partition coefficient (Wildman–Crippen LogP) is -0.390. The molecule has 1 saturated carbocycles. The van der Waals surface area contributed by atoms with Gasteiger partial charge in [-0.3, -0.25) is 19.3 Å². The molecule has 1 saturated heterocycles. The number of carbonyl (C=O) groups is 3. The second kappa shape index (κ2) is 4.03. The molecule has 1 aliphatic carbocycles. The number of fused-ring (bicyclic) bond motifs is 1. The van der Waals surface area contributed by atoms with Crippen molar-refractivity contribution in [3.8, 4) is 0 Å². The molecule has 0 aromatic carbocycles. The van der Waals surface area contributed by atoms with Crippen molar-refractivity contribution in [2.75, 3.05) is 6.54 Å². The van der Waals surface area contributed by atoms with Crippen LogP contribution >= 0.6 is 0 Å². The van der Waals surface area contributed by atoms with Crippen molar-refractivity contribution < 1.29 is 14.4 Å². The van der Waals surface area contributed by atoms with E-state index in [1.165, 1.54) is 4.90 Å². The van der Waals surface area contributed by atoms with Crippen LogP contribution in [0.4, 0.5) is 0 Å². The van der Waals surface area contributed by atoms with Gasteiger partial charge in [0.1, 0.15) is 0 Å². The Hall–Kier alpha value is -1.43. The van der Waals surface area contributed by atoms with Crippen LogP contribution in [0.15, 0.2) is 0 Å². The molecule has 1 heterocycles. The Balaban J connectivity index is 1.88. The largest absolute Gasteiger partial charge is 0.368 e. The van der Waals surface area contributed by atoms with E-state index in [-0.39, 0.29) is 29.1 Å². The van der Waals surface area contributed by atoms with Crippen molar-refractivity contribution in [2.24, 2.45) is 28.7 Å². The third-order valence-corrected chi connectivity index (χ3v) is 4.53. The molecule has 0 aromatic heterocycles. The molecular formula is C13H21N3O3. The van der Waals surface area contributed by atoms with E-state index in [2.05, 4.69) is 0 Å². The zero-order chi connectivity index (χ0) is 14.6. The standard InChI is InChI=1S/C13H21N3O3/c1-12(2)7-8(12)10(18)16(9(7)17)6-4-5-13(3,15)11(14)19/h7-8H,4-6,15H2,1-3H3,(H2,14,19). The molecule has 0 spiro atoms. The van der Waals surface area contributed by atoms with E-state index < -0.39 is 11.4 Å². The van der Waals surface area contributed by atoms with Crippen LogP contribution in [0.2, 0.25) is 0 Å². The van der Waals surface area contributed by atoms with Gasteiger partial charge in [0.05, 0.1) is 17.4 Å². The second-order valence-electron chi connectivity index (χ2n) is 6.49. The van der Waals surface area contributed by atoms with Gasteiger partial charge in [0.2, 0.25) is 17.7 Å². The summed E-state index contributed by atoms with van der Waals surface area (Å²) < 4.78 is 0. The van der Waals surface area contributed by atoms with E-state index in [4.69, 9.17) is 11.5 Å². The highest BCUT2D eigenvalue weighted by atomic mass is 16.2. The predicted molar refractivity (Wildman–Crippen MR) is 68.5 cm³/mol. The molecule has 0 aromatic rings. The first-order valence-corrected chi connectivity index (χ1v) is 6.54. The first-order valence-electron chi connectivity index (χ1n) is 6.54. The van der Waals surface area contributed by atoms with Crippen molar-refractivity contribution in [3.05, 3.63) is 0 Å². The summed E-state index contributed by atoms with van der Waals surface area (Å²) in [5, 5.41) is 0. The number of carbonyl (C=O) groups excluding carboxylic acids is 3. The third-order valence-electron chi connectivity index (χ3n) is 4.53. The highest BCUT2D eigenvalue weighted by Gasteiger charge is 2.72. The van der Waals surface area contributed by atoms with Gasteiger partial charge in [-0.2, -0.15) is 0 Å². The lowest BCUT2D eigenvalue weighted by Crippen LogP contribution is -2.49. The zero-order valence-corrected chi connectivity index (χ0v) is 11.6.